The average molecular weight is 483 g/mol. The third-order valence-corrected chi connectivity index (χ3v) is 6.03. The van der Waals surface area contributed by atoms with Gasteiger partial charge in [0.05, 0.1) is 23.9 Å². The number of nitrogens with one attached hydrogen (secondary N) is 2. The molecule has 0 bridgehead atoms. The molecule has 1 aliphatic rings. The van der Waals surface area contributed by atoms with Crippen molar-refractivity contribution in [2.75, 3.05) is 18.4 Å². The summed E-state index contributed by atoms with van der Waals surface area (Å²) >= 11 is 5.67. The highest BCUT2D eigenvalue weighted by molar-refractivity contribution is 7.92. The quantitative estimate of drug-likeness (QED) is 0.638. The molecule has 13 heteroatoms. The van der Waals surface area contributed by atoms with Crippen molar-refractivity contribution in [3.63, 3.8) is 0 Å². The molecular formula is C18H15ClF4N2O5S. The molecule has 168 valence electrons. The summed E-state index contributed by atoms with van der Waals surface area (Å²) in [5, 5.41) is 1.51. The topological polar surface area (TPSA) is 93.7 Å². The summed E-state index contributed by atoms with van der Waals surface area (Å²) in [7, 11) is -2.96. The molecule has 0 spiro atoms. The van der Waals surface area contributed by atoms with E-state index in [0.717, 1.165) is 18.2 Å². The Morgan fingerprint density at radius 3 is 2.58 bits per heavy atom. The minimum Gasteiger partial charge on any atom is -0.496 e. The Morgan fingerprint density at radius 1 is 1.26 bits per heavy atom. The van der Waals surface area contributed by atoms with E-state index >= 15 is 0 Å². The molecule has 31 heavy (non-hydrogen) atoms. The lowest BCUT2D eigenvalue weighted by atomic mass is 10.0. The third kappa shape index (κ3) is 4.96. The second kappa shape index (κ2) is 8.42. The van der Waals surface area contributed by atoms with E-state index in [2.05, 4.69) is 4.72 Å². The Morgan fingerprint density at radius 2 is 1.97 bits per heavy atom. The van der Waals surface area contributed by atoms with Crippen LogP contribution in [0.4, 0.5) is 23.2 Å². The highest BCUT2D eigenvalue weighted by Gasteiger charge is 2.41. The lowest BCUT2D eigenvalue weighted by molar-refractivity contribution is -0.174. The van der Waals surface area contributed by atoms with Gasteiger partial charge >= 0.3 is 12.1 Å². The number of methoxy groups -OCH3 is 1. The third-order valence-electron chi connectivity index (χ3n) is 4.33. The molecule has 3 rings (SSSR count). The highest BCUT2D eigenvalue weighted by atomic mass is 35.5. The van der Waals surface area contributed by atoms with Gasteiger partial charge in [0.1, 0.15) is 28.8 Å². The summed E-state index contributed by atoms with van der Waals surface area (Å²) in [4.78, 5) is 10.9. The van der Waals surface area contributed by atoms with Gasteiger partial charge in [0.25, 0.3) is 10.0 Å². The van der Waals surface area contributed by atoms with Gasteiger partial charge in [-0.15, -0.1) is 0 Å². The SMILES string of the molecule is COc1ccc(S(=O)(=O)Nc2ccc(F)c(Cl)c2)c2c1C[C@@H](NC(=O)C(F)(F)F)CO2. The number of amides is 1. The second-order valence-electron chi connectivity index (χ2n) is 6.49. The monoisotopic (exact) mass is 482 g/mol. The van der Waals surface area contributed by atoms with Crippen LogP contribution >= 0.6 is 11.6 Å². The van der Waals surface area contributed by atoms with Crippen LogP contribution in [0.2, 0.25) is 5.02 Å². The van der Waals surface area contributed by atoms with E-state index < -0.39 is 40.6 Å². The molecule has 2 aromatic carbocycles. The summed E-state index contributed by atoms with van der Waals surface area (Å²) in [6.45, 7) is -0.396. The Balaban J connectivity index is 1.93. The summed E-state index contributed by atoms with van der Waals surface area (Å²) < 4.78 is 89.5. The maximum absolute atomic E-state index is 13.3. The number of anilines is 1. The molecule has 1 atom stereocenters. The van der Waals surface area contributed by atoms with Gasteiger partial charge in [-0.05, 0) is 30.3 Å². The zero-order valence-corrected chi connectivity index (χ0v) is 17.3. The molecule has 0 saturated carbocycles. The van der Waals surface area contributed by atoms with Crippen LogP contribution in [0.25, 0.3) is 0 Å². The van der Waals surface area contributed by atoms with Crippen molar-refractivity contribution in [3.8, 4) is 11.5 Å². The van der Waals surface area contributed by atoms with E-state index in [1.807, 2.05) is 0 Å². The number of ether oxygens (including phenoxy) is 2. The normalized spacial score (nSPS) is 16.1. The number of hydrogen-bond acceptors (Lipinski definition) is 5. The number of halogens is 5. The summed E-state index contributed by atoms with van der Waals surface area (Å²) in [5.74, 6) is -2.83. The van der Waals surface area contributed by atoms with E-state index in [0.29, 0.717) is 0 Å². The molecule has 1 heterocycles. The summed E-state index contributed by atoms with van der Waals surface area (Å²) in [6.07, 6.45) is -5.23. The molecule has 0 aliphatic carbocycles. The molecule has 0 unspecified atom stereocenters. The molecule has 0 radical (unpaired) electrons. The number of rotatable bonds is 5. The standard InChI is InChI=1S/C18H15ClF4N2O5S/c1-29-14-4-5-15(31(27,28)25-9-2-3-13(20)12(19)7-9)16-11(14)6-10(8-30-16)24-17(26)18(21,22)23/h2-5,7,10,25H,6,8H2,1H3,(H,24,26)/t10-/m1/s1. The molecule has 2 N–H and O–H groups in total. The van der Waals surface area contributed by atoms with Crippen molar-refractivity contribution in [2.45, 2.75) is 23.5 Å². The Kier molecular flexibility index (Phi) is 6.23. The average Bonchev–Trinajstić information content (AvgIpc) is 2.68. The summed E-state index contributed by atoms with van der Waals surface area (Å²) in [5.41, 5.74) is 0.156. The largest absolute Gasteiger partial charge is 0.496 e. The van der Waals surface area contributed by atoms with Gasteiger partial charge in [-0.25, -0.2) is 12.8 Å². The molecule has 7 nitrogen and oxygen atoms in total. The van der Waals surface area contributed by atoms with Crippen molar-refractivity contribution in [3.05, 3.63) is 46.7 Å². The fraction of sp³-hybridized carbons (Fsp3) is 0.278. The number of benzene rings is 2. The molecule has 0 fully saturated rings. The van der Waals surface area contributed by atoms with Crippen molar-refractivity contribution < 1.29 is 40.2 Å². The predicted molar refractivity (Wildman–Crippen MR) is 102 cm³/mol. The van der Waals surface area contributed by atoms with Crippen LogP contribution in [-0.4, -0.2) is 40.3 Å². The number of hydrogen-bond donors (Lipinski definition) is 2. The maximum Gasteiger partial charge on any atom is 0.471 e. The number of alkyl halides is 3. The van der Waals surface area contributed by atoms with Crippen molar-refractivity contribution in [1.29, 1.82) is 0 Å². The van der Waals surface area contributed by atoms with Crippen LogP contribution in [0.1, 0.15) is 5.56 Å². The smallest absolute Gasteiger partial charge is 0.471 e. The molecule has 1 amide bonds. The van der Waals surface area contributed by atoms with Crippen molar-refractivity contribution in [2.24, 2.45) is 0 Å². The van der Waals surface area contributed by atoms with E-state index in [1.54, 1.807) is 5.32 Å². The minimum absolute atomic E-state index is 0.0119. The van der Waals surface area contributed by atoms with Crippen molar-refractivity contribution in [1.82, 2.24) is 5.32 Å². The van der Waals surface area contributed by atoms with E-state index in [4.69, 9.17) is 21.1 Å². The first-order valence-electron chi connectivity index (χ1n) is 8.60. The first-order valence-corrected chi connectivity index (χ1v) is 10.5. The van der Waals surface area contributed by atoms with E-state index in [9.17, 15) is 30.8 Å². The van der Waals surface area contributed by atoms with Crippen LogP contribution < -0.4 is 19.5 Å². The van der Waals surface area contributed by atoms with Gasteiger partial charge in [0, 0.05) is 12.0 Å². The van der Waals surface area contributed by atoms with Crippen LogP contribution in [0, 0.1) is 5.82 Å². The Labute approximate surface area is 179 Å². The summed E-state index contributed by atoms with van der Waals surface area (Å²) in [6, 6.07) is 4.67. The number of fused-ring (bicyclic) bond motifs is 1. The van der Waals surface area contributed by atoms with Gasteiger partial charge in [0.2, 0.25) is 0 Å². The van der Waals surface area contributed by atoms with Crippen LogP contribution in [0.3, 0.4) is 0 Å². The van der Waals surface area contributed by atoms with Gasteiger partial charge in [0.15, 0.2) is 0 Å². The first-order chi connectivity index (χ1) is 14.4. The number of sulfonamides is 1. The molecule has 0 saturated heterocycles. The maximum atomic E-state index is 13.3. The van der Waals surface area contributed by atoms with Gasteiger partial charge < -0.3 is 14.8 Å². The van der Waals surface area contributed by atoms with Crippen molar-refractivity contribution >= 4 is 33.2 Å². The molecular weight excluding hydrogens is 468 g/mol. The zero-order valence-electron chi connectivity index (χ0n) is 15.7. The second-order valence-corrected chi connectivity index (χ2v) is 8.55. The Hall–Kier alpha value is -2.73. The number of carbonyl (C=O) groups is 1. The van der Waals surface area contributed by atoms with Crippen LogP contribution in [-0.2, 0) is 21.2 Å². The predicted octanol–water partition coefficient (Wildman–Crippen LogP) is 3.27. The van der Waals surface area contributed by atoms with Gasteiger partial charge in [-0.3, -0.25) is 9.52 Å². The van der Waals surface area contributed by atoms with E-state index in [1.165, 1.54) is 19.2 Å². The van der Waals surface area contributed by atoms with Crippen LogP contribution in [0.5, 0.6) is 11.5 Å². The lowest BCUT2D eigenvalue weighted by Gasteiger charge is -2.29. The number of carbonyl (C=O) groups excluding carboxylic acids is 1. The van der Waals surface area contributed by atoms with Crippen LogP contribution in [0.15, 0.2) is 35.2 Å². The molecule has 2 aromatic rings. The van der Waals surface area contributed by atoms with E-state index in [-0.39, 0.29) is 39.1 Å². The highest BCUT2D eigenvalue weighted by Crippen LogP contribution is 2.39. The van der Waals surface area contributed by atoms with Gasteiger partial charge in [-0.1, -0.05) is 11.6 Å². The minimum atomic E-state index is -5.07. The Bertz CT molecular complexity index is 1120. The molecule has 1 aliphatic heterocycles. The zero-order chi connectivity index (χ0) is 23.0. The van der Waals surface area contributed by atoms with Gasteiger partial charge in [-0.2, -0.15) is 13.2 Å². The fourth-order valence-corrected chi connectivity index (χ4v) is 4.36. The molecule has 0 aromatic heterocycles. The first kappa shape index (κ1) is 22.9. The fourth-order valence-electron chi connectivity index (χ4n) is 2.96. The lowest BCUT2D eigenvalue weighted by Crippen LogP contribution is -2.48.